The lowest BCUT2D eigenvalue weighted by Gasteiger charge is -2.31. The quantitative estimate of drug-likeness (QED) is 0.826. The minimum Gasteiger partial charge on any atom is -0.465 e. The van der Waals surface area contributed by atoms with Crippen molar-refractivity contribution in [2.24, 2.45) is 0 Å². The van der Waals surface area contributed by atoms with E-state index in [1.54, 1.807) is 24.3 Å². The van der Waals surface area contributed by atoms with Crippen LogP contribution in [0.15, 0.2) is 24.3 Å². The fourth-order valence-corrected chi connectivity index (χ4v) is 2.22. The van der Waals surface area contributed by atoms with Crippen LogP contribution in [0.5, 0.6) is 0 Å². The summed E-state index contributed by atoms with van der Waals surface area (Å²) in [6.07, 6.45) is 0. The van der Waals surface area contributed by atoms with Crippen molar-refractivity contribution in [3.63, 3.8) is 0 Å². The van der Waals surface area contributed by atoms with Gasteiger partial charge in [-0.25, -0.2) is 4.79 Å². The Morgan fingerprint density at radius 2 is 1.76 bits per heavy atom. The summed E-state index contributed by atoms with van der Waals surface area (Å²) in [5.41, 5.74) is 1.15. The summed E-state index contributed by atoms with van der Waals surface area (Å²) in [7, 11) is 3.42. The van der Waals surface area contributed by atoms with E-state index in [-0.39, 0.29) is 11.9 Å². The lowest BCUT2D eigenvalue weighted by molar-refractivity contribution is -0.117. The van der Waals surface area contributed by atoms with Crippen LogP contribution in [-0.2, 0) is 9.53 Å². The normalized spacial score (nSPS) is 16.5. The number of ether oxygens (including phenoxy) is 1. The standard InChI is InChI=1S/C15H21N3O3/c1-17-7-9-18(10-8-17)11-14(19)16-13-5-3-12(4-6-13)15(20)21-2/h3-6H,7-11H2,1-2H3,(H,16,19). The molecule has 1 heterocycles. The zero-order valence-corrected chi connectivity index (χ0v) is 12.5. The number of benzene rings is 1. The van der Waals surface area contributed by atoms with E-state index in [0.717, 1.165) is 26.2 Å². The molecule has 0 spiro atoms. The van der Waals surface area contributed by atoms with Gasteiger partial charge in [0.05, 0.1) is 19.2 Å². The monoisotopic (exact) mass is 291 g/mol. The predicted octanol–water partition coefficient (Wildman–Crippen LogP) is 0.659. The third-order valence-electron chi connectivity index (χ3n) is 3.55. The van der Waals surface area contributed by atoms with Crippen molar-refractivity contribution in [1.82, 2.24) is 9.80 Å². The van der Waals surface area contributed by atoms with Gasteiger partial charge in [-0.2, -0.15) is 0 Å². The fraction of sp³-hybridized carbons (Fsp3) is 0.467. The first-order valence-corrected chi connectivity index (χ1v) is 6.97. The molecule has 2 rings (SSSR count). The van der Waals surface area contributed by atoms with Crippen molar-refractivity contribution >= 4 is 17.6 Å². The maximum atomic E-state index is 12.0. The Morgan fingerprint density at radius 1 is 1.14 bits per heavy atom. The number of carbonyl (C=O) groups is 2. The molecule has 1 aromatic carbocycles. The van der Waals surface area contributed by atoms with E-state index in [1.165, 1.54) is 7.11 Å². The number of hydrogen-bond donors (Lipinski definition) is 1. The van der Waals surface area contributed by atoms with Crippen molar-refractivity contribution in [3.8, 4) is 0 Å². The molecule has 1 aromatic rings. The van der Waals surface area contributed by atoms with Crippen LogP contribution in [0.4, 0.5) is 5.69 Å². The number of likely N-dealkylation sites (N-methyl/N-ethyl adjacent to an activating group) is 1. The molecule has 1 aliphatic heterocycles. The molecule has 6 nitrogen and oxygen atoms in total. The van der Waals surface area contributed by atoms with E-state index >= 15 is 0 Å². The number of carbonyl (C=O) groups excluding carboxylic acids is 2. The summed E-state index contributed by atoms with van der Waals surface area (Å²) in [6.45, 7) is 4.19. The van der Waals surface area contributed by atoms with Gasteiger partial charge < -0.3 is 15.0 Å². The highest BCUT2D eigenvalue weighted by Crippen LogP contribution is 2.10. The van der Waals surface area contributed by atoms with Gasteiger partial charge >= 0.3 is 5.97 Å². The molecule has 114 valence electrons. The van der Waals surface area contributed by atoms with Crippen LogP contribution in [0.25, 0.3) is 0 Å². The van der Waals surface area contributed by atoms with E-state index in [4.69, 9.17) is 0 Å². The average molecular weight is 291 g/mol. The van der Waals surface area contributed by atoms with Crippen molar-refractivity contribution in [2.75, 3.05) is 52.2 Å². The maximum absolute atomic E-state index is 12.0. The van der Waals surface area contributed by atoms with Crippen LogP contribution in [0.2, 0.25) is 0 Å². The maximum Gasteiger partial charge on any atom is 0.337 e. The highest BCUT2D eigenvalue weighted by Gasteiger charge is 2.16. The van der Waals surface area contributed by atoms with Crippen LogP contribution in [0.3, 0.4) is 0 Å². The lowest BCUT2D eigenvalue weighted by Crippen LogP contribution is -2.47. The fourth-order valence-electron chi connectivity index (χ4n) is 2.22. The lowest BCUT2D eigenvalue weighted by atomic mass is 10.2. The second-order valence-electron chi connectivity index (χ2n) is 5.20. The molecule has 1 aliphatic rings. The summed E-state index contributed by atoms with van der Waals surface area (Å²) >= 11 is 0. The van der Waals surface area contributed by atoms with Crippen LogP contribution < -0.4 is 5.32 Å². The van der Waals surface area contributed by atoms with Crippen LogP contribution >= 0.6 is 0 Å². The Hall–Kier alpha value is -1.92. The van der Waals surface area contributed by atoms with Crippen molar-refractivity contribution < 1.29 is 14.3 Å². The average Bonchev–Trinajstić information content (AvgIpc) is 2.49. The minimum absolute atomic E-state index is 0.0367. The first-order chi connectivity index (χ1) is 10.1. The van der Waals surface area contributed by atoms with Crippen LogP contribution in [0, 0.1) is 0 Å². The summed E-state index contributed by atoms with van der Waals surface area (Å²) in [5.74, 6) is -0.421. The van der Waals surface area contributed by atoms with Gasteiger partial charge in [0.15, 0.2) is 0 Å². The zero-order chi connectivity index (χ0) is 15.2. The second-order valence-corrected chi connectivity index (χ2v) is 5.20. The predicted molar refractivity (Wildman–Crippen MR) is 80.3 cm³/mol. The molecule has 21 heavy (non-hydrogen) atoms. The number of esters is 1. The SMILES string of the molecule is COC(=O)c1ccc(NC(=O)CN2CCN(C)CC2)cc1. The van der Waals surface area contributed by atoms with Gasteiger partial charge in [0.2, 0.25) is 5.91 Å². The Balaban J connectivity index is 1.83. The van der Waals surface area contributed by atoms with Gasteiger partial charge in [0, 0.05) is 31.9 Å². The molecule has 0 aliphatic carbocycles. The van der Waals surface area contributed by atoms with Gasteiger partial charge in [-0.3, -0.25) is 9.69 Å². The molecule has 6 heteroatoms. The van der Waals surface area contributed by atoms with Gasteiger partial charge in [0.25, 0.3) is 0 Å². The van der Waals surface area contributed by atoms with Crippen molar-refractivity contribution in [3.05, 3.63) is 29.8 Å². The van der Waals surface area contributed by atoms with Gasteiger partial charge in [0.1, 0.15) is 0 Å². The molecular weight excluding hydrogens is 270 g/mol. The highest BCUT2D eigenvalue weighted by atomic mass is 16.5. The molecule has 0 atom stereocenters. The molecule has 1 saturated heterocycles. The Kier molecular flexibility index (Phi) is 5.30. The van der Waals surface area contributed by atoms with E-state index in [2.05, 4.69) is 26.9 Å². The number of nitrogens with zero attached hydrogens (tertiary/aromatic N) is 2. The van der Waals surface area contributed by atoms with E-state index in [0.29, 0.717) is 17.8 Å². The van der Waals surface area contributed by atoms with Crippen molar-refractivity contribution in [1.29, 1.82) is 0 Å². The molecule has 1 amide bonds. The van der Waals surface area contributed by atoms with Crippen molar-refractivity contribution in [2.45, 2.75) is 0 Å². The van der Waals surface area contributed by atoms with Crippen LogP contribution in [-0.4, -0.2) is 68.6 Å². The highest BCUT2D eigenvalue weighted by molar-refractivity contribution is 5.93. The molecule has 0 aromatic heterocycles. The topological polar surface area (TPSA) is 61.9 Å². The van der Waals surface area contributed by atoms with Gasteiger partial charge in [-0.05, 0) is 31.3 Å². The third kappa shape index (κ3) is 4.54. The molecule has 0 unspecified atom stereocenters. The third-order valence-corrected chi connectivity index (χ3v) is 3.55. The number of anilines is 1. The number of hydrogen-bond acceptors (Lipinski definition) is 5. The molecule has 0 radical (unpaired) electrons. The smallest absolute Gasteiger partial charge is 0.337 e. The summed E-state index contributed by atoms with van der Waals surface area (Å²) in [6, 6.07) is 6.68. The zero-order valence-electron chi connectivity index (χ0n) is 12.5. The van der Waals surface area contributed by atoms with E-state index in [9.17, 15) is 9.59 Å². The second kappa shape index (κ2) is 7.19. The molecule has 0 bridgehead atoms. The summed E-state index contributed by atoms with van der Waals surface area (Å²) in [4.78, 5) is 27.7. The first-order valence-electron chi connectivity index (χ1n) is 6.97. The Bertz CT molecular complexity index is 493. The van der Waals surface area contributed by atoms with Gasteiger partial charge in [-0.1, -0.05) is 0 Å². The summed E-state index contributed by atoms with van der Waals surface area (Å²) in [5, 5.41) is 2.84. The Labute approximate surface area is 124 Å². The van der Waals surface area contributed by atoms with E-state index < -0.39 is 0 Å². The first kappa shape index (κ1) is 15.5. The van der Waals surface area contributed by atoms with E-state index in [1.807, 2.05) is 0 Å². The molecule has 0 saturated carbocycles. The number of nitrogens with one attached hydrogen (secondary N) is 1. The molecule has 1 fully saturated rings. The van der Waals surface area contributed by atoms with Crippen LogP contribution in [0.1, 0.15) is 10.4 Å². The number of amides is 1. The minimum atomic E-state index is -0.384. The van der Waals surface area contributed by atoms with Gasteiger partial charge in [-0.15, -0.1) is 0 Å². The number of methoxy groups -OCH3 is 1. The number of rotatable bonds is 4. The largest absolute Gasteiger partial charge is 0.465 e. The number of piperazine rings is 1. The molecular formula is C15H21N3O3. The molecule has 1 N–H and O–H groups in total. The Morgan fingerprint density at radius 3 is 2.33 bits per heavy atom. The summed E-state index contributed by atoms with van der Waals surface area (Å²) < 4.78 is 4.63.